The molecule has 1 aliphatic rings. The normalized spacial score (nSPS) is 15.8. The quantitative estimate of drug-likeness (QED) is 0.789. The third kappa shape index (κ3) is 3.40. The number of rotatable bonds is 4. The van der Waals surface area contributed by atoms with E-state index in [0.29, 0.717) is 10.8 Å². The summed E-state index contributed by atoms with van der Waals surface area (Å²) < 4.78 is 39.1. The molecule has 0 saturated carbocycles. The maximum atomic E-state index is 12.6. The molecule has 110 valence electrons. The molecule has 1 aliphatic heterocycles. The van der Waals surface area contributed by atoms with E-state index in [1.807, 2.05) is 0 Å². The van der Waals surface area contributed by atoms with E-state index in [0.717, 1.165) is 5.56 Å². The van der Waals surface area contributed by atoms with Crippen LogP contribution in [-0.4, -0.2) is 44.2 Å². The van der Waals surface area contributed by atoms with Crippen molar-refractivity contribution in [1.29, 1.82) is 0 Å². The van der Waals surface area contributed by atoms with Crippen LogP contribution in [0.1, 0.15) is 5.56 Å². The second-order valence-corrected chi connectivity index (χ2v) is 6.65. The van der Waals surface area contributed by atoms with Gasteiger partial charge in [-0.05, 0) is 30.7 Å². The van der Waals surface area contributed by atoms with E-state index < -0.39 is 15.5 Å². The van der Waals surface area contributed by atoms with Crippen molar-refractivity contribution in [2.45, 2.75) is 12.2 Å². The second-order valence-electron chi connectivity index (χ2n) is 4.59. The van der Waals surface area contributed by atoms with Gasteiger partial charge in [-0.15, -0.1) is 3.89 Å². The highest BCUT2D eigenvalue weighted by molar-refractivity contribution is 7.87. The van der Waals surface area contributed by atoms with Crippen molar-refractivity contribution in [3.8, 4) is 5.75 Å². The molecule has 2 rings (SSSR count). The molecule has 1 saturated heterocycles. The summed E-state index contributed by atoms with van der Waals surface area (Å²) in [6.07, 6.45) is 0. The van der Waals surface area contributed by atoms with Crippen LogP contribution in [0.5, 0.6) is 5.75 Å². The number of ether oxygens (including phenoxy) is 1. The first-order chi connectivity index (χ1) is 9.27. The lowest BCUT2D eigenvalue weighted by molar-refractivity contribution is -0.136. The number of likely N-dealkylation sites (tertiary alicyclic amines) is 1. The average molecular weight is 322 g/mol. The Morgan fingerprint density at radius 3 is 2.70 bits per heavy atom. The van der Waals surface area contributed by atoms with Crippen LogP contribution >= 0.6 is 11.6 Å². The number of hydrogen-bond donors (Lipinski definition) is 0. The van der Waals surface area contributed by atoms with Gasteiger partial charge in [0.1, 0.15) is 11.0 Å². The lowest BCUT2D eigenvalue weighted by Gasteiger charge is -2.36. The number of halogens is 2. The summed E-state index contributed by atoms with van der Waals surface area (Å²) in [4.78, 5) is 13.0. The van der Waals surface area contributed by atoms with Gasteiger partial charge in [-0.25, -0.2) is 0 Å². The predicted molar refractivity (Wildman–Crippen MR) is 72.1 cm³/mol. The van der Waals surface area contributed by atoms with Crippen LogP contribution in [0.15, 0.2) is 18.2 Å². The first-order valence-corrected chi connectivity index (χ1v) is 7.70. The number of benzene rings is 1. The summed E-state index contributed by atoms with van der Waals surface area (Å²) in [7, 11) is -4.56. The number of nitrogens with zero attached hydrogens (tertiary/aromatic N) is 1. The summed E-state index contributed by atoms with van der Waals surface area (Å²) in [5.41, 5.74) is 0.790. The van der Waals surface area contributed by atoms with Crippen molar-refractivity contribution in [3.63, 3.8) is 0 Å². The van der Waals surface area contributed by atoms with Gasteiger partial charge in [0.25, 0.3) is 5.91 Å². The van der Waals surface area contributed by atoms with Gasteiger partial charge >= 0.3 is 10.2 Å². The smallest absolute Gasteiger partial charge is 0.308 e. The van der Waals surface area contributed by atoms with Gasteiger partial charge in [0.05, 0.1) is 0 Å². The molecule has 5 nitrogen and oxygen atoms in total. The molecule has 0 unspecified atom stereocenters. The number of amides is 1. The van der Waals surface area contributed by atoms with Gasteiger partial charge in [-0.3, -0.25) is 4.79 Å². The monoisotopic (exact) mass is 321 g/mol. The Balaban J connectivity index is 1.85. The summed E-state index contributed by atoms with van der Waals surface area (Å²) in [5, 5.41) is -0.538. The molecule has 0 N–H and O–H groups in total. The van der Waals surface area contributed by atoms with Gasteiger partial charge in [0.2, 0.25) is 0 Å². The van der Waals surface area contributed by atoms with Crippen molar-refractivity contribution < 1.29 is 21.8 Å². The maximum absolute atomic E-state index is 12.6. The molecule has 1 heterocycles. The number of carbonyl (C=O) groups is 1. The Bertz CT molecular complexity index is 628. The minimum Gasteiger partial charge on any atom is -0.483 e. The van der Waals surface area contributed by atoms with Crippen LogP contribution in [0.2, 0.25) is 5.02 Å². The standard InChI is InChI=1S/C12H13ClFNO4S/c1-8-4-9(13)2-3-11(8)19-7-12(16)15-5-10(6-15)20(14,17)18/h2-4,10H,5-7H2,1H3. The van der Waals surface area contributed by atoms with E-state index >= 15 is 0 Å². The summed E-state index contributed by atoms with van der Waals surface area (Å²) in [6, 6.07) is 5.00. The SMILES string of the molecule is Cc1cc(Cl)ccc1OCC(=O)N1CC(S(=O)(=O)F)C1. The Morgan fingerprint density at radius 2 is 2.15 bits per heavy atom. The molecule has 0 atom stereocenters. The van der Waals surface area contributed by atoms with Crippen molar-refractivity contribution >= 4 is 27.7 Å². The second kappa shape index (κ2) is 5.57. The minimum absolute atomic E-state index is 0.124. The van der Waals surface area contributed by atoms with Gasteiger partial charge in [-0.2, -0.15) is 8.42 Å². The fourth-order valence-corrected chi connectivity index (χ4v) is 2.77. The molecule has 0 bridgehead atoms. The fraction of sp³-hybridized carbons (Fsp3) is 0.417. The van der Waals surface area contributed by atoms with Crippen molar-refractivity contribution in [1.82, 2.24) is 4.90 Å². The third-order valence-electron chi connectivity index (χ3n) is 3.09. The van der Waals surface area contributed by atoms with Gasteiger partial charge in [0.15, 0.2) is 6.61 Å². The molecule has 0 spiro atoms. The van der Waals surface area contributed by atoms with Crippen molar-refractivity contribution in [2.24, 2.45) is 0 Å². The Hall–Kier alpha value is -1.34. The minimum atomic E-state index is -4.56. The first-order valence-electron chi connectivity index (χ1n) is 5.87. The first kappa shape index (κ1) is 15.1. The van der Waals surface area contributed by atoms with Crippen molar-refractivity contribution in [2.75, 3.05) is 19.7 Å². The third-order valence-corrected chi connectivity index (χ3v) is 4.42. The average Bonchev–Trinajstić information content (AvgIpc) is 2.23. The van der Waals surface area contributed by atoms with E-state index in [1.54, 1.807) is 25.1 Å². The zero-order valence-electron chi connectivity index (χ0n) is 10.7. The fourth-order valence-electron chi connectivity index (χ4n) is 1.83. The lowest BCUT2D eigenvalue weighted by Crippen LogP contribution is -2.57. The highest BCUT2D eigenvalue weighted by Gasteiger charge is 2.39. The van der Waals surface area contributed by atoms with Crippen LogP contribution in [0, 0.1) is 6.92 Å². The van der Waals surface area contributed by atoms with E-state index in [2.05, 4.69) is 0 Å². The summed E-state index contributed by atoms with van der Waals surface area (Å²) >= 11 is 5.80. The number of carbonyl (C=O) groups excluding carboxylic acids is 1. The Morgan fingerprint density at radius 1 is 1.50 bits per heavy atom. The summed E-state index contributed by atoms with van der Waals surface area (Å²) in [6.45, 7) is 1.32. The molecule has 1 fully saturated rings. The van der Waals surface area contributed by atoms with E-state index in [1.165, 1.54) is 4.90 Å². The molecular formula is C12H13ClFNO4S. The highest BCUT2D eigenvalue weighted by atomic mass is 35.5. The lowest BCUT2D eigenvalue weighted by atomic mass is 10.2. The summed E-state index contributed by atoms with van der Waals surface area (Å²) in [5.74, 6) is 0.150. The van der Waals surface area contributed by atoms with Crippen LogP contribution in [0.25, 0.3) is 0 Å². The molecule has 1 amide bonds. The van der Waals surface area contributed by atoms with Gasteiger partial charge < -0.3 is 9.64 Å². The van der Waals surface area contributed by atoms with Crippen LogP contribution < -0.4 is 4.74 Å². The molecule has 0 radical (unpaired) electrons. The topological polar surface area (TPSA) is 63.7 Å². The van der Waals surface area contributed by atoms with Gasteiger partial charge in [-0.1, -0.05) is 11.6 Å². The van der Waals surface area contributed by atoms with Crippen LogP contribution in [0.3, 0.4) is 0 Å². The number of aryl methyl sites for hydroxylation is 1. The van der Waals surface area contributed by atoms with Crippen LogP contribution in [0.4, 0.5) is 3.89 Å². The molecule has 0 aromatic heterocycles. The zero-order chi connectivity index (χ0) is 14.9. The van der Waals surface area contributed by atoms with Gasteiger partial charge in [0, 0.05) is 18.1 Å². The Kier molecular flexibility index (Phi) is 4.19. The zero-order valence-corrected chi connectivity index (χ0v) is 12.2. The maximum Gasteiger partial charge on any atom is 0.308 e. The van der Waals surface area contributed by atoms with E-state index in [-0.39, 0.29) is 25.6 Å². The molecule has 1 aromatic carbocycles. The van der Waals surface area contributed by atoms with E-state index in [9.17, 15) is 17.1 Å². The van der Waals surface area contributed by atoms with Crippen molar-refractivity contribution in [3.05, 3.63) is 28.8 Å². The highest BCUT2D eigenvalue weighted by Crippen LogP contribution is 2.22. The molecule has 8 heteroatoms. The molecule has 1 aromatic rings. The molecule has 20 heavy (non-hydrogen) atoms. The largest absolute Gasteiger partial charge is 0.483 e. The molecular weight excluding hydrogens is 309 g/mol. The van der Waals surface area contributed by atoms with Crippen LogP contribution in [-0.2, 0) is 15.0 Å². The Labute approximate surface area is 121 Å². The van der Waals surface area contributed by atoms with E-state index in [4.69, 9.17) is 16.3 Å². The number of hydrogen-bond acceptors (Lipinski definition) is 4. The molecule has 0 aliphatic carbocycles. The predicted octanol–water partition coefficient (Wildman–Crippen LogP) is 1.54.